The van der Waals surface area contributed by atoms with Crippen LogP contribution in [0.2, 0.25) is 0 Å². The lowest BCUT2D eigenvalue weighted by Gasteiger charge is -2.63. The summed E-state index contributed by atoms with van der Waals surface area (Å²) < 4.78 is 1.17. The van der Waals surface area contributed by atoms with Gasteiger partial charge < -0.3 is 10.0 Å². The molecule has 544 valence electrons. The van der Waals surface area contributed by atoms with Gasteiger partial charge in [0.15, 0.2) is 34.9 Å². The van der Waals surface area contributed by atoms with Crippen molar-refractivity contribution in [2.45, 2.75) is 98.7 Å². The number of nitriles is 2. The maximum Gasteiger partial charge on any atom is 0.488 e. The lowest BCUT2D eigenvalue weighted by Crippen LogP contribution is -2.55. The number of hydrogen-bond donors (Lipinski definition) is 2. The second kappa shape index (κ2) is 30.4. The molecule has 14 aromatic rings. The molecule has 12 aromatic carbocycles. The van der Waals surface area contributed by atoms with E-state index in [1.54, 1.807) is 11.1 Å². The molecule has 0 radical (unpaired) electrons. The zero-order valence-electron chi connectivity index (χ0n) is 62.2. The molecule has 4 atom stereocenters. The molecule has 8 fully saturated rings. The lowest BCUT2D eigenvalue weighted by molar-refractivity contribution is -0.0282. The van der Waals surface area contributed by atoms with Gasteiger partial charge in [-0.2, -0.15) is 10.5 Å². The second-order valence-electron chi connectivity index (χ2n) is 32.3. The average Bonchev–Trinajstić information content (AvgIpc) is 0.709. The van der Waals surface area contributed by atoms with Crippen LogP contribution in [0.1, 0.15) is 110 Å². The van der Waals surface area contributed by atoms with Crippen LogP contribution in [0.25, 0.3) is 102 Å². The minimum atomic E-state index is -1.46. The van der Waals surface area contributed by atoms with Crippen molar-refractivity contribution in [2.24, 2.45) is 23.7 Å². The molecule has 2 N–H and O–H groups in total. The molecule has 8 aliphatic rings. The van der Waals surface area contributed by atoms with E-state index in [2.05, 4.69) is 180 Å². The van der Waals surface area contributed by atoms with Gasteiger partial charge in [-0.3, -0.25) is 0 Å². The molecule has 4 unspecified atom stereocenters. The summed E-state index contributed by atoms with van der Waals surface area (Å²) in [6.07, 6.45) is 16.0. The molecule has 2 aromatic heterocycles. The minimum Gasteiger partial charge on any atom is -0.423 e. The molecule has 0 amide bonds. The summed E-state index contributed by atoms with van der Waals surface area (Å²) >= 11 is 3.66. The molecule has 22 rings (SSSR count). The van der Waals surface area contributed by atoms with Crippen LogP contribution in [0, 0.1) is 46.3 Å². The highest BCUT2D eigenvalue weighted by Gasteiger charge is 2.60. The largest absolute Gasteiger partial charge is 0.488 e. The highest BCUT2D eigenvalue weighted by atomic mass is 79.9. The highest BCUT2D eigenvalue weighted by Crippen LogP contribution is 2.68. The van der Waals surface area contributed by atoms with Crippen molar-refractivity contribution in [2.75, 3.05) is 0 Å². The van der Waals surface area contributed by atoms with E-state index in [-0.39, 0.29) is 10.8 Å². The number of hydrogen-bond acceptors (Lipinski definition) is 10. The van der Waals surface area contributed by atoms with Crippen molar-refractivity contribution < 1.29 is 10.0 Å². The van der Waals surface area contributed by atoms with E-state index in [9.17, 15) is 5.26 Å². The van der Waals surface area contributed by atoms with E-state index in [1.165, 1.54) is 145 Å². The van der Waals surface area contributed by atoms with Crippen molar-refractivity contribution in [3.8, 4) is 114 Å². The molecule has 10 nitrogen and oxygen atoms in total. The van der Waals surface area contributed by atoms with Crippen LogP contribution >= 0.6 is 15.9 Å². The van der Waals surface area contributed by atoms with Crippen molar-refractivity contribution >= 4 is 28.5 Å². The van der Waals surface area contributed by atoms with Gasteiger partial charge in [0, 0.05) is 37.9 Å². The monoisotopic (exact) mass is 1520 g/mol. The molecule has 112 heavy (non-hydrogen) atoms. The number of benzene rings is 12. The van der Waals surface area contributed by atoms with Crippen molar-refractivity contribution in [3.63, 3.8) is 0 Å². The van der Waals surface area contributed by atoms with Crippen molar-refractivity contribution in [1.29, 1.82) is 10.5 Å². The van der Waals surface area contributed by atoms with Crippen LogP contribution in [0.5, 0.6) is 0 Å². The molecule has 8 bridgehead atoms. The van der Waals surface area contributed by atoms with Crippen molar-refractivity contribution in [1.82, 2.24) is 29.9 Å². The van der Waals surface area contributed by atoms with E-state index in [0.29, 0.717) is 62.4 Å². The van der Waals surface area contributed by atoms with Crippen LogP contribution < -0.4 is 5.46 Å². The Balaban J connectivity index is 0.000000139. The summed E-state index contributed by atoms with van der Waals surface area (Å²) in [4.78, 5) is 29.4. The van der Waals surface area contributed by atoms with E-state index in [1.807, 2.05) is 140 Å². The van der Waals surface area contributed by atoms with Gasteiger partial charge in [0.2, 0.25) is 0 Å². The Morgan fingerprint density at radius 3 is 0.714 bits per heavy atom. The summed E-state index contributed by atoms with van der Waals surface area (Å²) in [6.45, 7) is 0. The predicted octanol–water partition coefficient (Wildman–Crippen LogP) is 22.2. The SMILES string of the molecule is Brc1ccc(C23CC4CC(C2)CC(c2ccc(-c5ccc(-c6nc(-c7ccccc7)nc(-c7ccccc7)n6)cc5)cc2)(C4)C3)cc1.N#Cc1ccc(-c2ccc(C34CC5CC(C3)CC(c3ccc(-c6ccc(-c7nc(-c8ccccc8)nc(-c8ccccc8)n7)cc6)cc3)(C5)C4)cc2)cc1.N#Cc1ccc(B(O)O)cc1. The van der Waals surface area contributed by atoms with E-state index in [4.69, 9.17) is 45.2 Å². The third-order valence-electron chi connectivity index (χ3n) is 25.1. The van der Waals surface area contributed by atoms with Gasteiger partial charge >= 0.3 is 7.12 Å². The predicted molar refractivity (Wildman–Crippen MR) is 451 cm³/mol. The standard InChI is InChI=1S/C50H40N4.C43H36BrN3.C7H6BNO2/c51-32-34-11-13-37(14-12-34)39-19-23-44(24-20-39)49-28-35-27-36(29-49)31-50(30-35,33-49)45-25-21-40(22-26-45)38-15-17-43(18-16-38)48-53-46(41-7-3-1-4-8-41)52-47(54-48)42-9-5-2-6-10-42;44-38-21-19-37(20-22-38)43-26-29-23-30(27-43)25-42(24-29,28-43)36-17-15-32(16-18-36)31-11-13-35(14-12-31)41-46-39(33-7-3-1-4-8-33)45-40(47-41)34-9-5-2-6-10-34;9-5-6-1-3-7(4-2-6)8(10)11/h1-26,35-36H,27-31,33H2;1-22,29-30H,23-28H2;1-4,10-11H. The topological polar surface area (TPSA) is 165 Å². The lowest BCUT2D eigenvalue weighted by atomic mass is 9.41. The van der Waals surface area contributed by atoms with Gasteiger partial charge in [0.1, 0.15) is 0 Å². The second-order valence-corrected chi connectivity index (χ2v) is 33.2. The van der Waals surface area contributed by atoms with Crippen LogP contribution in [0.15, 0.2) is 320 Å². The van der Waals surface area contributed by atoms with E-state index >= 15 is 0 Å². The number of nitrogens with zero attached hydrogens (tertiary/aromatic N) is 8. The molecule has 0 spiro atoms. The molecule has 8 aliphatic carbocycles. The van der Waals surface area contributed by atoms with Crippen molar-refractivity contribution in [3.05, 3.63) is 353 Å². The third kappa shape index (κ3) is 14.6. The summed E-state index contributed by atoms with van der Waals surface area (Å²) in [6, 6.07) is 114. The highest BCUT2D eigenvalue weighted by molar-refractivity contribution is 9.10. The van der Waals surface area contributed by atoms with E-state index < -0.39 is 7.12 Å². The first-order valence-corrected chi connectivity index (χ1v) is 40.0. The molecule has 0 aliphatic heterocycles. The summed E-state index contributed by atoms with van der Waals surface area (Å²) in [5.74, 6) is 7.32. The smallest absolute Gasteiger partial charge is 0.423 e. The fraction of sp³-hybridized carbons (Fsp3) is 0.200. The zero-order chi connectivity index (χ0) is 75.8. The van der Waals surface area contributed by atoms with Gasteiger partial charge in [-0.05, 0) is 220 Å². The van der Waals surface area contributed by atoms with Crippen LogP contribution in [0.4, 0.5) is 0 Å². The molecular formula is C100H82BBrN8O2. The maximum absolute atomic E-state index is 9.22. The Kier molecular flexibility index (Phi) is 19.5. The van der Waals surface area contributed by atoms with Crippen LogP contribution in [-0.2, 0) is 21.7 Å². The molecule has 2 heterocycles. The molecule has 0 saturated heterocycles. The Hall–Kier alpha value is -11.9. The molecular weight excluding hydrogens is 1440 g/mol. The molecule has 8 saturated carbocycles. The Morgan fingerprint density at radius 2 is 0.473 bits per heavy atom. The fourth-order valence-corrected chi connectivity index (χ4v) is 21.0. The van der Waals surface area contributed by atoms with Gasteiger partial charge in [-0.15, -0.1) is 0 Å². The average molecular weight is 1520 g/mol. The first kappa shape index (κ1) is 71.7. The van der Waals surface area contributed by atoms with Gasteiger partial charge in [-0.1, -0.05) is 295 Å². The third-order valence-corrected chi connectivity index (χ3v) is 25.6. The molecule has 12 heteroatoms. The maximum atomic E-state index is 9.22. The van der Waals surface area contributed by atoms with Gasteiger partial charge in [0.25, 0.3) is 0 Å². The number of rotatable bonds is 14. The fourth-order valence-electron chi connectivity index (χ4n) is 20.7. The Labute approximate surface area is 664 Å². The zero-order valence-corrected chi connectivity index (χ0v) is 63.8. The summed E-state index contributed by atoms with van der Waals surface area (Å²) in [7, 11) is -1.46. The van der Waals surface area contributed by atoms with Crippen LogP contribution in [0.3, 0.4) is 0 Å². The first-order chi connectivity index (χ1) is 54.8. The normalized spacial score (nSPS) is 21.9. The Morgan fingerprint density at radius 1 is 0.268 bits per heavy atom. The van der Waals surface area contributed by atoms with Gasteiger partial charge in [-0.25, -0.2) is 29.9 Å². The quantitative estimate of drug-likeness (QED) is 0.100. The van der Waals surface area contributed by atoms with Gasteiger partial charge in [0.05, 0.1) is 23.3 Å². The number of aromatic nitrogens is 6. The summed E-state index contributed by atoms with van der Waals surface area (Å²) in [5, 5.41) is 34.9. The van der Waals surface area contributed by atoms with E-state index in [0.717, 1.165) is 62.6 Å². The minimum absolute atomic E-state index is 0.240. The Bertz CT molecular complexity index is 5630. The summed E-state index contributed by atoms with van der Waals surface area (Å²) in [5.41, 5.74) is 21.9. The van der Waals surface area contributed by atoms with Crippen LogP contribution in [-0.4, -0.2) is 47.1 Å². The first-order valence-electron chi connectivity index (χ1n) is 39.2. The number of halogens is 1.